The quantitative estimate of drug-likeness (QED) is 0.405. The van der Waals surface area contributed by atoms with Gasteiger partial charge in [-0.15, -0.1) is 0 Å². The third kappa shape index (κ3) is 5.75. The van der Waals surface area contributed by atoms with E-state index in [0.717, 1.165) is 0 Å². The normalized spacial score (nSPS) is 19.0. The van der Waals surface area contributed by atoms with Crippen LogP contribution in [0.25, 0.3) is 0 Å². The van der Waals surface area contributed by atoms with E-state index in [0.29, 0.717) is 35.7 Å². The minimum Gasteiger partial charge on any atom is -0.300 e. The second kappa shape index (κ2) is 9.83. The SMILES string of the molecule is CCCC(c1cc(C(F)(F)F)ccc1C(F)(F)F)N1CCC(=O)CC1c1ccc(CF)cc1. The summed E-state index contributed by atoms with van der Waals surface area (Å²) in [7, 11) is 0. The molecule has 180 valence electrons. The van der Waals surface area contributed by atoms with E-state index in [-0.39, 0.29) is 31.6 Å². The van der Waals surface area contributed by atoms with Gasteiger partial charge in [0, 0.05) is 31.5 Å². The third-order valence-electron chi connectivity index (χ3n) is 5.99. The van der Waals surface area contributed by atoms with Crippen molar-refractivity contribution in [1.29, 1.82) is 0 Å². The van der Waals surface area contributed by atoms with Gasteiger partial charge in [0.25, 0.3) is 0 Å². The summed E-state index contributed by atoms with van der Waals surface area (Å²) in [5, 5.41) is 0. The zero-order valence-electron chi connectivity index (χ0n) is 17.9. The van der Waals surface area contributed by atoms with Crippen LogP contribution in [0.1, 0.15) is 72.5 Å². The highest BCUT2D eigenvalue weighted by Gasteiger charge is 2.41. The second-order valence-electron chi connectivity index (χ2n) is 8.22. The van der Waals surface area contributed by atoms with Gasteiger partial charge in [-0.25, -0.2) is 4.39 Å². The van der Waals surface area contributed by atoms with Gasteiger partial charge < -0.3 is 0 Å². The number of hydrogen-bond donors (Lipinski definition) is 0. The highest BCUT2D eigenvalue weighted by molar-refractivity contribution is 5.80. The second-order valence-corrected chi connectivity index (χ2v) is 8.22. The molecule has 1 fully saturated rings. The van der Waals surface area contributed by atoms with E-state index in [4.69, 9.17) is 0 Å². The van der Waals surface area contributed by atoms with Gasteiger partial charge in [0.2, 0.25) is 0 Å². The topological polar surface area (TPSA) is 20.3 Å². The molecule has 0 radical (unpaired) electrons. The van der Waals surface area contributed by atoms with Crippen LogP contribution in [0.4, 0.5) is 30.7 Å². The molecule has 2 nitrogen and oxygen atoms in total. The molecule has 0 saturated carbocycles. The fourth-order valence-corrected chi connectivity index (χ4v) is 4.40. The Balaban J connectivity index is 2.13. The van der Waals surface area contributed by atoms with Crippen LogP contribution in [-0.4, -0.2) is 17.2 Å². The lowest BCUT2D eigenvalue weighted by Gasteiger charge is -2.42. The van der Waals surface area contributed by atoms with Crippen molar-refractivity contribution in [2.75, 3.05) is 6.54 Å². The average molecular weight is 475 g/mol. The Hall–Kier alpha value is -2.42. The van der Waals surface area contributed by atoms with Crippen molar-refractivity contribution in [3.05, 3.63) is 70.3 Å². The molecular weight excluding hydrogens is 451 g/mol. The highest BCUT2D eigenvalue weighted by atomic mass is 19.4. The minimum atomic E-state index is -4.84. The van der Waals surface area contributed by atoms with Crippen LogP contribution >= 0.6 is 0 Å². The van der Waals surface area contributed by atoms with Gasteiger partial charge >= 0.3 is 12.4 Å². The van der Waals surface area contributed by atoms with Gasteiger partial charge in [-0.2, -0.15) is 26.3 Å². The molecule has 0 N–H and O–H groups in total. The maximum Gasteiger partial charge on any atom is 0.416 e. The molecule has 0 aromatic heterocycles. The highest BCUT2D eigenvalue weighted by Crippen LogP contribution is 2.45. The molecule has 9 heteroatoms. The van der Waals surface area contributed by atoms with Crippen molar-refractivity contribution in [1.82, 2.24) is 4.90 Å². The number of ketones is 1. The number of carbonyl (C=O) groups excluding carboxylic acids is 1. The predicted octanol–water partition coefficient (Wildman–Crippen LogP) is 7.44. The van der Waals surface area contributed by atoms with E-state index in [1.54, 1.807) is 24.0 Å². The summed E-state index contributed by atoms with van der Waals surface area (Å²) in [6.45, 7) is 1.17. The first-order valence-corrected chi connectivity index (χ1v) is 10.7. The summed E-state index contributed by atoms with van der Waals surface area (Å²) in [5.74, 6) is -0.0823. The van der Waals surface area contributed by atoms with E-state index < -0.39 is 47.8 Å². The van der Waals surface area contributed by atoms with Gasteiger partial charge in [-0.05, 0) is 41.3 Å². The van der Waals surface area contributed by atoms with Crippen molar-refractivity contribution < 1.29 is 35.5 Å². The van der Waals surface area contributed by atoms with E-state index in [9.17, 15) is 35.5 Å². The van der Waals surface area contributed by atoms with Crippen molar-refractivity contribution >= 4 is 5.78 Å². The molecule has 0 bridgehead atoms. The van der Waals surface area contributed by atoms with E-state index in [2.05, 4.69) is 0 Å². The molecule has 2 unspecified atom stereocenters. The summed E-state index contributed by atoms with van der Waals surface area (Å²) in [6.07, 6.45) is -8.91. The van der Waals surface area contributed by atoms with E-state index in [1.807, 2.05) is 0 Å². The van der Waals surface area contributed by atoms with E-state index >= 15 is 0 Å². The fraction of sp³-hybridized carbons (Fsp3) is 0.458. The molecule has 2 aromatic rings. The zero-order chi connectivity index (χ0) is 24.4. The Morgan fingerprint density at radius 3 is 2.21 bits per heavy atom. The molecule has 1 saturated heterocycles. The Morgan fingerprint density at radius 2 is 1.67 bits per heavy atom. The molecule has 33 heavy (non-hydrogen) atoms. The molecular formula is C24H24F7NO. The molecule has 1 aliphatic heterocycles. The fourth-order valence-electron chi connectivity index (χ4n) is 4.40. The number of benzene rings is 2. The predicted molar refractivity (Wildman–Crippen MR) is 109 cm³/mol. The number of carbonyl (C=O) groups is 1. The zero-order valence-corrected chi connectivity index (χ0v) is 17.9. The molecule has 0 aliphatic carbocycles. The van der Waals surface area contributed by atoms with Crippen molar-refractivity contribution in [3.63, 3.8) is 0 Å². The largest absolute Gasteiger partial charge is 0.416 e. The number of halogens is 7. The lowest BCUT2D eigenvalue weighted by molar-refractivity contribution is -0.142. The smallest absolute Gasteiger partial charge is 0.300 e. The maximum atomic E-state index is 13.8. The molecule has 0 spiro atoms. The first-order valence-electron chi connectivity index (χ1n) is 10.7. The van der Waals surface area contributed by atoms with Gasteiger partial charge in [-0.3, -0.25) is 9.69 Å². The maximum absolute atomic E-state index is 13.8. The Labute approximate surface area is 187 Å². The molecule has 0 amide bonds. The average Bonchev–Trinajstić information content (AvgIpc) is 2.76. The molecule has 1 heterocycles. The minimum absolute atomic E-state index is 0.0233. The van der Waals surface area contributed by atoms with Crippen LogP contribution in [-0.2, 0) is 23.8 Å². The summed E-state index contributed by atoms with van der Waals surface area (Å²) < 4.78 is 94.5. The van der Waals surface area contributed by atoms with Gasteiger partial charge in [0.15, 0.2) is 0 Å². The Morgan fingerprint density at radius 1 is 1.00 bits per heavy atom. The first-order chi connectivity index (χ1) is 15.5. The summed E-state index contributed by atoms with van der Waals surface area (Å²) >= 11 is 0. The van der Waals surface area contributed by atoms with Gasteiger partial charge in [0.1, 0.15) is 12.5 Å². The third-order valence-corrected chi connectivity index (χ3v) is 5.99. The number of Topliss-reactive ketones (excluding diaryl/α,β-unsaturated/α-hetero) is 1. The van der Waals surface area contributed by atoms with Crippen LogP contribution < -0.4 is 0 Å². The molecule has 2 aromatic carbocycles. The van der Waals surface area contributed by atoms with Crippen molar-refractivity contribution in [2.24, 2.45) is 0 Å². The van der Waals surface area contributed by atoms with Crippen LogP contribution in [0, 0.1) is 0 Å². The number of rotatable bonds is 6. The summed E-state index contributed by atoms with van der Waals surface area (Å²) in [5.41, 5.74) is -1.68. The number of likely N-dealkylation sites (tertiary alicyclic amines) is 1. The van der Waals surface area contributed by atoms with E-state index in [1.165, 1.54) is 12.1 Å². The number of hydrogen-bond acceptors (Lipinski definition) is 2. The van der Waals surface area contributed by atoms with Crippen LogP contribution in [0.15, 0.2) is 42.5 Å². The molecule has 1 aliphatic rings. The van der Waals surface area contributed by atoms with Crippen LogP contribution in [0.5, 0.6) is 0 Å². The lowest BCUT2D eigenvalue weighted by Crippen LogP contribution is -2.40. The van der Waals surface area contributed by atoms with Crippen LogP contribution in [0.3, 0.4) is 0 Å². The molecule has 3 rings (SSSR count). The standard InChI is InChI=1S/C24H24F7NO/c1-2-3-21(19-12-17(23(26,27)28)8-9-20(19)24(29,30)31)32-11-10-18(33)13-22(32)16-6-4-15(14-25)5-7-16/h4-9,12,21-22H,2-3,10-11,13-14H2,1H3. The van der Waals surface area contributed by atoms with Crippen LogP contribution in [0.2, 0.25) is 0 Å². The Bertz CT molecular complexity index is 966. The first kappa shape index (κ1) is 25.2. The number of alkyl halides is 7. The van der Waals surface area contributed by atoms with Crippen molar-refractivity contribution in [3.8, 4) is 0 Å². The number of piperidine rings is 1. The van der Waals surface area contributed by atoms with Crippen molar-refractivity contribution in [2.45, 2.75) is 63.7 Å². The Kier molecular flexibility index (Phi) is 7.51. The lowest BCUT2D eigenvalue weighted by atomic mass is 9.87. The van der Waals surface area contributed by atoms with Gasteiger partial charge in [0.05, 0.1) is 11.1 Å². The van der Waals surface area contributed by atoms with Gasteiger partial charge in [-0.1, -0.05) is 37.6 Å². The molecule has 2 atom stereocenters. The summed E-state index contributed by atoms with van der Waals surface area (Å²) in [6, 6.07) is 6.22. The number of nitrogens with zero attached hydrogens (tertiary/aromatic N) is 1. The monoisotopic (exact) mass is 475 g/mol. The summed E-state index contributed by atoms with van der Waals surface area (Å²) in [4.78, 5) is 13.9.